The summed E-state index contributed by atoms with van der Waals surface area (Å²) < 4.78 is 39.7. The molecule has 2 aromatic rings. The zero-order chi connectivity index (χ0) is 14.6. The van der Waals surface area contributed by atoms with Gasteiger partial charge in [-0.15, -0.1) is 6.58 Å². The summed E-state index contributed by atoms with van der Waals surface area (Å²) in [6, 6.07) is 5.28. The lowest BCUT2D eigenvalue weighted by Crippen LogP contribution is -2.09. The summed E-state index contributed by atoms with van der Waals surface area (Å²) >= 11 is 0. The van der Waals surface area contributed by atoms with E-state index in [4.69, 9.17) is 0 Å². The van der Waals surface area contributed by atoms with Gasteiger partial charge in [-0.3, -0.25) is 0 Å². The van der Waals surface area contributed by atoms with Crippen molar-refractivity contribution in [1.82, 2.24) is 9.55 Å². The third-order valence-corrected chi connectivity index (χ3v) is 2.73. The monoisotopic (exact) mass is 281 g/mol. The van der Waals surface area contributed by atoms with Gasteiger partial charge in [0.2, 0.25) is 5.95 Å². The van der Waals surface area contributed by atoms with Gasteiger partial charge in [0.25, 0.3) is 0 Å². The average molecular weight is 281 g/mol. The maximum atomic E-state index is 12.6. The SMILES string of the molecule is C=CCNc1nccn1Cc1cccc(C(F)(F)F)c1. The lowest BCUT2D eigenvalue weighted by atomic mass is 10.1. The Morgan fingerprint density at radius 2 is 2.15 bits per heavy atom. The van der Waals surface area contributed by atoms with Crippen molar-refractivity contribution in [2.24, 2.45) is 0 Å². The molecule has 1 N–H and O–H groups in total. The number of imidazole rings is 1. The number of anilines is 1. The Kier molecular flexibility index (Phi) is 4.12. The summed E-state index contributed by atoms with van der Waals surface area (Å²) in [6.07, 6.45) is 0.670. The predicted molar refractivity (Wildman–Crippen MR) is 71.5 cm³/mol. The highest BCUT2D eigenvalue weighted by Crippen LogP contribution is 2.29. The number of hydrogen-bond acceptors (Lipinski definition) is 2. The zero-order valence-electron chi connectivity index (χ0n) is 10.7. The Hall–Kier alpha value is -2.24. The van der Waals surface area contributed by atoms with Crippen LogP contribution in [-0.4, -0.2) is 16.1 Å². The van der Waals surface area contributed by atoms with Crippen molar-refractivity contribution in [2.45, 2.75) is 12.7 Å². The Bertz CT molecular complexity index is 587. The van der Waals surface area contributed by atoms with Gasteiger partial charge in [0.1, 0.15) is 0 Å². The van der Waals surface area contributed by atoms with Gasteiger partial charge < -0.3 is 9.88 Å². The first-order chi connectivity index (χ1) is 9.50. The second-order valence-corrected chi connectivity index (χ2v) is 4.25. The lowest BCUT2D eigenvalue weighted by molar-refractivity contribution is -0.137. The quantitative estimate of drug-likeness (QED) is 0.849. The van der Waals surface area contributed by atoms with E-state index in [2.05, 4.69) is 16.9 Å². The van der Waals surface area contributed by atoms with E-state index in [1.807, 2.05) is 0 Å². The fourth-order valence-electron chi connectivity index (χ4n) is 1.81. The third-order valence-electron chi connectivity index (χ3n) is 2.73. The van der Waals surface area contributed by atoms with Gasteiger partial charge in [0.05, 0.1) is 12.1 Å². The van der Waals surface area contributed by atoms with Gasteiger partial charge in [-0.2, -0.15) is 13.2 Å². The van der Waals surface area contributed by atoms with Crippen LogP contribution in [0.5, 0.6) is 0 Å². The van der Waals surface area contributed by atoms with Crippen molar-refractivity contribution in [2.75, 3.05) is 11.9 Å². The van der Waals surface area contributed by atoms with Gasteiger partial charge >= 0.3 is 6.18 Å². The molecule has 2 rings (SSSR count). The summed E-state index contributed by atoms with van der Waals surface area (Å²) in [6.45, 7) is 4.45. The number of rotatable bonds is 5. The number of aromatic nitrogens is 2. The largest absolute Gasteiger partial charge is 0.416 e. The van der Waals surface area contributed by atoms with E-state index in [0.717, 1.165) is 12.1 Å². The zero-order valence-corrected chi connectivity index (χ0v) is 10.7. The minimum Gasteiger partial charge on any atom is -0.352 e. The molecule has 0 bridgehead atoms. The molecule has 3 nitrogen and oxygen atoms in total. The molecule has 20 heavy (non-hydrogen) atoms. The molecule has 0 fully saturated rings. The standard InChI is InChI=1S/C14H14F3N3/c1-2-6-18-13-19-7-8-20(13)10-11-4-3-5-12(9-11)14(15,16)17/h2-5,7-9H,1,6,10H2,(H,18,19). The summed E-state index contributed by atoms with van der Waals surface area (Å²) in [7, 11) is 0. The van der Waals surface area contributed by atoms with Crippen LogP contribution >= 0.6 is 0 Å². The van der Waals surface area contributed by atoms with E-state index < -0.39 is 11.7 Å². The lowest BCUT2D eigenvalue weighted by Gasteiger charge is -2.11. The molecule has 0 aliphatic carbocycles. The van der Waals surface area contributed by atoms with Crippen LogP contribution in [0, 0.1) is 0 Å². The molecule has 0 saturated carbocycles. The fraction of sp³-hybridized carbons (Fsp3) is 0.214. The first kappa shape index (κ1) is 14.2. The van der Waals surface area contributed by atoms with Crippen LogP contribution in [0.3, 0.4) is 0 Å². The van der Waals surface area contributed by atoms with E-state index >= 15 is 0 Å². The number of nitrogens with one attached hydrogen (secondary N) is 1. The molecule has 0 aliphatic rings. The first-order valence-electron chi connectivity index (χ1n) is 6.03. The van der Waals surface area contributed by atoms with Crippen LogP contribution in [0.15, 0.2) is 49.3 Å². The van der Waals surface area contributed by atoms with Gasteiger partial charge in [-0.05, 0) is 17.7 Å². The van der Waals surface area contributed by atoms with E-state index in [1.165, 1.54) is 6.07 Å². The predicted octanol–water partition coefficient (Wildman–Crippen LogP) is 3.55. The fourth-order valence-corrected chi connectivity index (χ4v) is 1.81. The molecule has 0 atom stereocenters. The van der Waals surface area contributed by atoms with Crippen molar-refractivity contribution >= 4 is 5.95 Å². The molecular formula is C14H14F3N3. The van der Waals surface area contributed by atoms with Crippen LogP contribution in [-0.2, 0) is 12.7 Å². The minimum absolute atomic E-state index is 0.323. The van der Waals surface area contributed by atoms with Crippen LogP contribution in [0.4, 0.5) is 19.1 Å². The van der Waals surface area contributed by atoms with E-state index in [-0.39, 0.29) is 0 Å². The molecule has 106 valence electrons. The van der Waals surface area contributed by atoms with Crippen LogP contribution in [0.1, 0.15) is 11.1 Å². The first-order valence-corrected chi connectivity index (χ1v) is 6.03. The average Bonchev–Trinajstić information content (AvgIpc) is 2.83. The maximum absolute atomic E-state index is 12.6. The molecule has 0 saturated heterocycles. The Labute approximate surface area is 114 Å². The Balaban J connectivity index is 2.18. The minimum atomic E-state index is -4.32. The summed E-state index contributed by atoms with van der Waals surface area (Å²) in [4.78, 5) is 4.10. The van der Waals surface area contributed by atoms with Crippen LogP contribution < -0.4 is 5.32 Å². The maximum Gasteiger partial charge on any atom is 0.416 e. The third kappa shape index (κ3) is 3.40. The van der Waals surface area contributed by atoms with Crippen molar-refractivity contribution in [3.63, 3.8) is 0 Å². The van der Waals surface area contributed by atoms with E-state index in [0.29, 0.717) is 24.6 Å². The highest BCUT2D eigenvalue weighted by atomic mass is 19.4. The second kappa shape index (κ2) is 5.81. The summed E-state index contributed by atoms with van der Waals surface area (Å²) in [5, 5.41) is 3.02. The molecule has 0 spiro atoms. The van der Waals surface area contributed by atoms with Crippen molar-refractivity contribution in [1.29, 1.82) is 0 Å². The molecule has 0 aliphatic heterocycles. The van der Waals surface area contributed by atoms with Crippen molar-refractivity contribution in [3.05, 3.63) is 60.4 Å². The smallest absolute Gasteiger partial charge is 0.352 e. The molecule has 1 aromatic heterocycles. The van der Waals surface area contributed by atoms with Gasteiger partial charge in [-0.25, -0.2) is 4.98 Å². The van der Waals surface area contributed by atoms with Crippen molar-refractivity contribution in [3.8, 4) is 0 Å². The molecule has 0 amide bonds. The number of halogens is 3. The van der Waals surface area contributed by atoms with Gasteiger partial charge in [0, 0.05) is 18.9 Å². The Morgan fingerprint density at radius 3 is 2.85 bits per heavy atom. The summed E-state index contributed by atoms with van der Waals surface area (Å²) in [5.74, 6) is 0.599. The molecule has 6 heteroatoms. The molecule has 1 heterocycles. The van der Waals surface area contributed by atoms with Crippen molar-refractivity contribution < 1.29 is 13.2 Å². The van der Waals surface area contributed by atoms with Crippen LogP contribution in [0.25, 0.3) is 0 Å². The molecule has 1 aromatic carbocycles. The topological polar surface area (TPSA) is 29.9 Å². The van der Waals surface area contributed by atoms with E-state index in [1.54, 1.807) is 29.1 Å². The second-order valence-electron chi connectivity index (χ2n) is 4.25. The van der Waals surface area contributed by atoms with E-state index in [9.17, 15) is 13.2 Å². The number of nitrogens with zero attached hydrogens (tertiary/aromatic N) is 2. The Morgan fingerprint density at radius 1 is 1.35 bits per heavy atom. The summed E-state index contributed by atoms with van der Waals surface area (Å²) in [5.41, 5.74) is -0.0739. The number of benzene rings is 1. The molecule has 0 unspecified atom stereocenters. The van der Waals surface area contributed by atoms with Crippen LogP contribution in [0.2, 0.25) is 0 Å². The van der Waals surface area contributed by atoms with Gasteiger partial charge in [0.15, 0.2) is 0 Å². The number of hydrogen-bond donors (Lipinski definition) is 1. The highest BCUT2D eigenvalue weighted by Gasteiger charge is 2.30. The normalized spacial score (nSPS) is 11.3. The molecule has 0 radical (unpaired) electrons. The molecular weight excluding hydrogens is 267 g/mol. The highest BCUT2D eigenvalue weighted by molar-refractivity contribution is 5.31. The number of alkyl halides is 3. The van der Waals surface area contributed by atoms with Gasteiger partial charge in [-0.1, -0.05) is 18.2 Å².